The summed E-state index contributed by atoms with van der Waals surface area (Å²) in [5, 5.41) is -1.57. The van der Waals surface area contributed by atoms with E-state index >= 15 is 0 Å². The molecule has 0 spiro atoms. The first kappa shape index (κ1) is 14.6. The van der Waals surface area contributed by atoms with Gasteiger partial charge in [-0.25, -0.2) is 0 Å². The Morgan fingerprint density at radius 3 is 2.60 bits per heavy atom. The molecule has 8 heteroatoms. The maximum Gasteiger partial charge on any atom is 0.274 e. The summed E-state index contributed by atoms with van der Waals surface area (Å²) in [6, 6.07) is 0. The number of hydrogen-bond acceptors (Lipinski definition) is 6. The number of carbonyl (C=O) groups is 2. The predicted molar refractivity (Wildman–Crippen MR) is 55.1 cm³/mol. The van der Waals surface area contributed by atoms with E-state index in [0.29, 0.717) is 0 Å². The van der Waals surface area contributed by atoms with E-state index in [1.807, 2.05) is 0 Å². The normalized spacial score (nSPS) is 13.5. The standard InChI is InChI=1S/C7H12O6S2/c1-6(9)14-5-13-3-2-7(4-8)15(10,11)12/h4,7H,2-3,5H2,1H3,(H,10,11,12). The lowest BCUT2D eigenvalue weighted by molar-refractivity contribution is -0.109. The highest BCUT2D eigenvalue weighted by Gasteiger charge is 2.21. The topological polar surface area (TPSA) is 97.7 Å². The van der Waals surface area contributed by atoms with Gasteiger partial charge in [0.15, 0.2) is 5.12 Å². The molecule has 0 saturated carbocycles. The molecule has 0 aromatic carbocycles. The van der Waals surface area contributed by atoms with Crippen molar-refractivity contribution in [1.82, 2.24) is 0 Å². The lowest BCUT2D eigenvalue weighted by atomic mass is 10.3. The summed E-state index contributed by atoms with van der Waals surface area (Å²) >= 11 is 0.937. The molecule has 6 nitrogen and oxygen atoms in total. The third-order valence-corrected chi connectivity index (χ3v) is 3.23. The van der Waals surface area contributed by atoms with Gasteiger partial charge in [-0.2, -0.15) is 8.42 Å². The molecule has 15 heavy (non-hydrogen) atoms. The van der Waals surface area contributed by atoms with Gasteiger partial charge in [0.05, 0.1) is 5.94 Å². The van der Waals surface area contributed by atoms with Crippen LogP contribution in [0.4, 0.5) is 0 Å². The highest BCUT2D eigenvalue weighted by molar-refractivity contribution is 8.13. The second kappa shape index (κ2) is 6.94. The van der Waals surface area contributed by atoms with Crippen molar-refractivity contribution in [3.05, 3.63) is 0 Å². The third kappa shape index (κ3) is 7.48. The fourth-order valence-electron chi connectivity index (χ4n) is 0.670. The van der Waals surface area contributed by atoms with Crippen molar-refractivity contribution < 1.29 is 27.3 Å². The first-order valence-electron chi connectivity index (χ1n) is 4.00. The van der Waals surface area contributed by atoms with Crippen LogP contribution in [0, 0.1) is 0 Å². The van der Waals surface area contributed by atoms with Crippen LogP contribution in [0.25, 0.3) is 0 Å². The van der Waals surface area contributed by atoms with Crippen LogP contribution >= 0.6 is 11.8 Å². The van der Waals surface area contributed by atoms with Crippen molar-refractivity contribution in [2.45, 2.75) is 18.6 Å². The van der Waals surface area contributed by atoms with E-state index in [4.69, 9.17) is 9.29 Å². The third-order valence-electron chi connectivity index (χ3n) is 1.43. The van der Waals surface area contributed by atoms with Gasteiger partial charge in [-0.1, -0.05) is 11.8 Å². The zero-order valence-electron chi connectivity index (χ0n) is 8.08. The Labute approximate surface area is 92.1 Å². The van der Waals surface area contributed by atoms with Gasteiger partial charge in [0.25, 0.3) is 10.1 Å². The molecule has 0 rings (SSSR count). The number of aldehydes is 1. The van der Waals surface area contributed by atoms with Crippen LogP contribution < -0.4 is 0 Å². The zero-order chi connectivity index (χ0) is 11.9. The summed E-state index contributed by atoms with van der Waals surface area (Å²) in [5.41, 5.74) is 0. The van der Waals surface area contributed by atoms with Crippen LogP contribution in [0.3, 0.4) is 0 Å². The molecule has 0 heterocycles. The molecule has 0 fully saturated rings. The quantitative estimate of drug-likeness (QED) is 0.298. The SMILES string of the molecule is CC(=O)SCOCCC(C=O)S(=O)(=O)O. The van der Waals surface area contributed by atoms with Crippen LogP contribution in [0.1, 0.15) is 13.3 Å². The van der Waals surface area contributed by atoms with Crippen LogP contribution in [0.15, 0.2) is 0 Å². The summed E-state index contributed by atoms with van der Waals surface area (Å²) in [5.74, 6) is 0.104. The average Bonchev–Trinajstić information content (AvgIpc) is 2.08. The second-order valence-corrected chi connectivity index (χ2v) is 5.37. The van der Waals surface area contributed by atoms with Crippen molar-refractivity contribution in [1.29, 1.82) is 0 Å². The fraction of sp³-hybridized carbons (Fsp3) is 0.714. The van der Waals surface area contributed by atoms with Crippen LogP contribution in [0.2, 0.25) is 0 Å². The maximum absolute atomic E-state index is 10.5. The number of rotatable bonds is 7. The van der Waals surface area contributed by atoms with Crippen molar-refractivity contribution >= 4 is 33.3 Å². The summed E-state index contributed by atoms with van der Waals surface area (Å²) in [4.78, 5) is 20.7. The van der Waals surface area contributed by atoms with Crippen LogP contribution in [-0.4, -0.2) is 42.2 Å². The molecule has 0 aliphatic carbocycles. The lowest BCUT2D eigenvalue weighted by Gasteiger charge is -2.06. The first-order valence-corrected chi connectivity index (χ1v) is 6.49. The molecule has 0 aromatic rings. The van der Waals surface area contributed by atoms with Gasteiger partial charge in [0.2, 0.25) is 0 Å². The van der Waals surface area contributed by atoms with E-state index in [0.717, 1.165) is 11.8 Å². The summed E-state index contributed by atoms with van der Waals surface area (Å²) < 4.78 is 34.5. The van der Waals surface area contributed by atoms with E-state index in [9.17, 15) is 18.0 Å². The molecule has 0 bridgehead atoms. The monoisotopic (exact) mass is 256 g/mol. The molecule has 0 aromatic heterocycles. The maximum atomic E-state index is 10.5. The van der Waals surface area contributed by atoms with Gasteiger partial charge in [-0.15, -0.1) is 0 Å². The first-order chi connectivity index (χ1) is 6.88. The molecular weight excluding hydrogens is 244 g/mol. The molecule has 1 atom stereocenters. The second-order valence-electron chi connectivity index (χ2n) is 2.64. The predicted octanol–water partition coefficient (Wildman–Crippen LogP) is 0.0856. The van der Waals surface area contributed by atoms with Crippen molar-refractivity contribution in [2.24, 2.45) is 0 Å². The zero-order valence-corrected chi connectivity index (χ0v) is 9.71. The Kier molecular flexibility index (Phi) is 6.73. The number of ether oxygens (including phenoxy) is 1. The minimum absolute atomic E-state index is 0.0104. The molecule has 88 valence electrons. The van der Waals surface area contributed by atoms with Crippen LogP contribution in [-0.2, 0) is 24.4 Å². The lowest BCUT2D eigenvalue weighted by Crippen LogP contribution is -2.23. The van der Waals surface area contributed by atoms with Gasteiger partial charge in [0.1, 0.15) is 11.5 Å². The molecule has 0 saturated heterocycles. The molecular formula is C7H12O6S2. The Balaban J connectivity index is 3.75. The van der Waals surface area contributed by atoms with Crippen LogP contribution in [0.5, 0.6) is 0 Å². The highest BCUT2D eigenvalue weighted by Crippen LogP contribution is 2.05. The molecule has 1 N–H and O–H groups in total. The molecule has 1 unspecified atom stereocenters. The minimum atomic E-state index is -4.34. The number of hydrogen-bond donors (Lipinski definition) is 1. The molecule has 0 radical (unpaired) electrons. The van der Waals surface area contributed by atoms with E-state index in [1.54, 1.807) is 0 Å². The summed E-state index contributed by atoms with van der Waals surface area (Å²) in [6.45, 7) is 1.36. The molecule has 0 aliphatic heterocycles. The number of carbonyl (C=O) groups excluding carboxylic acids is 2. The van der Waals surface area contributed by atoms with E-state index in [1.165, 1.54) is 6.92 Å². The van der Waals surface area contributed by atoms with Gasteiger partial charge in [-0.3, -0.25) is 9.35 Å². The molecule has 0 aliphatic rings. The van der Waals surface area contributed by atoms with E-state index in [2.05, 4.69) is 0 Å². The minimum Gasteiger partial charge on any atom is -0.370 e. The Bertz CT molecular complexity index is 309. The smallest absolute Gasteiger partial charge is 0.274 e. The Morgan fingerprint density at radius 2 is 2.20 bits per heavy atom. The van der Waals surface area contributed by atoms with Crippen molar-refractivity contribution in [3.63, 3.8) is 0 Å². The summed E-state index contributed by atoms with van der Waals surface area (Å²) in [6.07, 6.45) is 0.0254. The van der Waals surface area contributed by atoms with Gasteiger partial charge < -0.3 is 9.53 Å². The largest absolute Gasteiger partial charge is 0.370 e. The number of thioether (sulfide) groups is 1. The van der Waals surface area contributed by atoms with E-state index in [-0.39, 0.29) is 30.4 Å². The highest BCUT2D eigenvalue weighted by atomic mass is 32.2. The van der Waals surface area contributed by atoms with Gasteiger partial charge in [0, 0.05) is 13.5 Å². The van der Waals surface area contributed by atoms with E-state index < -0.39 is 15.4 Å². The average molecular weight is 256 g/mol. The van der Waals surface area contributed by atoms with Crippen molar-refractivity contribution in [3.8, 4) is 0 Å². The Hall–Kier alpha value is -0.440. The fourth-order valence-corrected chi connectivity index (χ4v) is 1.57. The summed E-state index contributed by atoms with van der Waals surface area (Å²) in [7, 11) is -4.34. The Morgan fingerprint density at radius 1 is 1.60 bits per heavy atom. The van der Waals surface area contributed by atoms with Crippen molar-refractivity contribution in [2.75, 3.05) is 12.5 Å². The van der Waals surface area contributed by atoms with Gasteiger partial charge in [-0.05, 0) is 6.42 Å². The van der Waals surface area contributed by atoms with Gasteiger partial charge >= 0.3 is 0 Å². The molecule has 0 amide bonds.